The molecular weight excluding hydrogens is 240 g/mol. The van der Waals surface area contributed by atoms with Crippen LogP contribution in [0.5, 0.6) is 0 Å². The number of hydrogen-bond donors (Lipinski definition) is 1. The van der Waals surface area contributed by atoms with Crippen LogP contribution in [0.2, 0.25) is 0 Å². The average molecular weight is 264 g/mol. The molecule has 1 heterocycles. The van der Waals surface area contributed by atoms with Crippen LogP contribution >= 0.6 is 11.8 Å². The standard InChI is InChI=1S/C15H24N2S/c1-14(15-5-3-2-4-6-15)13-16-7-8-17-9-11-18-12-10-17/h2-6,14,16H,7-13H2,1H3. The lowest BCUT2D eigenvalue weighted by molar-refractivity contribution is 0.300. The minimum atomic E-state index is 0.600. The predicted octanol–water partition coefficient (Wildman–Crippen LogP) is 2.43. The number of thioether (sulfide) groups is 1. The molecule has 1 aromatic carbocycles. The molecule has 1 atom stereocenters. The van der Waals surface area contributed by atoms with E-state index in [1.54, 1.807) is 0 Å². The Kier molecular flexibility index (Phi) is 6.05. The largest absolute Gasteiger partial charge is 0.315 e. The average Bonchev–Trinajstić information content (AvgIpc) is 2.45. The molecule has 0 aliphatic carbocycles. The van der Waals surface area contributed by atoms with Crippen molar-refractivity contribution >= 4 is 11.8 Å². The lowest BCUT2D eigenvalue weighted by atomic mass is 10.0. The van der Waals surface area contributed by atoms with Gasteiger partial charge in [0.1, 0.15) is 0 Å². The maximum atomic E-state index is 3.58. The van der Waals surface area contributed by atoms with Crippen molar-refractivity contribution in [1.82, 2.24) is 10.2 Å². The molecule has 0 amide bonds. The summed E-state index contributed by atoms with van der Waals surface area (Å²) in [6, 6.07) is 10.8. The van der Waals surface area contributed by atoms with Gasteiger partial charge in [-0.05, 0) is 11.5 Å². The molecule has 1 saturated heterocycles. The Morgan fingerprint density at radius 3 is 2.67 bits per heavy atom. The third kappa shape index (κ3) is 4.63. The third-order valence-electron chi connectivity index (χ3n) is 3.53. The molecule has 1 fully saturated rings. The Labute approximate surface area is 115 Å². The normalized spacial score (nSPS) is 18.7. The molecule has 0 spiro atoms. The summed E-state index contributed by atoms with van der Waals surface area (Å²) in [7, 11) is 0. The van der Waals surface area contributed by atoms with Crippen molar-refractivity contribution in [2.75, 3.05) is 44.2 Å². The molecule has 0 saturated carbocycles. The highest BCUT2D eigenvalue weighted by Gasteiger charge is 2.09. The monoisotopic (exact) mass is 264 g/mol. The summed E-state index contributed by atoms with van der Waals surface area (Å²) >= 11 is 2.08. The smallest absolute Gasteiger partial charge is 0.0107 e. The fourth-order valence-electron chi connectivity index (χ4n) is 2.28. The summed E-state index contributed by atoms with van der Waals surface area (Å²) in [5.74, 6) is 3.21. The van der Waals surface area contributed by atoms with Gasteiger partial charge in [-0.2, -0.15) is 11.8 Å². The molecule has 18 heavy (non-hydrogen) atoms. The van der Waals surface area contributed by atoms with E-state index in [1.165, 1.54) is 36.7 Å². The van der Waals surface area contributed by atoms with E-state index in [-0.39, 0.29) is 0 Å². The van der Waals surface area contributed by atoms with E-state index in [1.807, 2.05) is 0 Å². The molecule has 1 aliphatic rings. The van der Waals surface area contributed by atoms with Crippen LogP contribution < -0.4 is 5.32 Å². The van der Waals surface area contributed by atoms with Crippen LogP contribution in [0.25, 0.3) is 0 Å². The Morgan fingerprint density at radius 2 is 1.94 bits per heavy atom. The summed E-state index contributed by atoms with van der Waals surface area (Å²) in [6.07, 6.45) is 0. The Hall–Kier alpha value is -0.510. The zero-order valence-electron chi connectivity index (χ0n) is 11.3. The molecule has 0 radical (unpaired) electrons. The first-order chi connectivity index (χ1) is 8.86. The molecule has 1 aliphatic heterocycles. The highest BCUT2D eigenvalue weighted by atomic mass is 32.2. The van der Waals surface area contributed by atoms with Gasteiger partial charge in [-0.25, -0.2) is 0 Å². The van der Waals surface area contributed by atoms with E-state index < -0.39 is 0 Å². The SMILES string of the molecule is CC(CNCCN1CCSCC1)c1ccccc1. The van der Waals surface area contributed by atoms with Gasteiger partial charge < -0.3 is 10.2 Å². The number of nitrogens with one attached hydrogen (secondary N) is 1. The molecule has 2 nitrogen and oxygen atoms in total. The van der Waals surface area contributed by atoms with Crippen molar-refractivity contribution in [3.8, 4) is 0 Å². The second-order valence-electron chi connectivity index (χ2n) is 4.97. The van der Waals surface area contributed by atoms with Crippen molar-refractivity contribution in [2.24, 2.45) is 0 Å². The molecule has 3 heteroatoms. The first-order valence-electron chi connectivity index (χ1n) is 6.92. The summed E-state index contributed by atoms with van der Waals surface area (Å²) in [5.41, 5.74) is 1.43. The van der Waals surface area contributed by atoms with Gasteiger partial charge in [-0.3, -0.25) is 0 Å². The second kappa shape index (κ2) is 7.82. The molecule has 0 aromatic heterocycles. The van der Waals surface area contributed by atoms with Gasteiger partial charge in [0.05, 0.1) is 0 Å². The zero-order chi connectivity index (χ0) is 12.6. The molecule has 1 N–H and O–H groups in total. The van der Waals surface area contributed by atoms with Crippen LogP contribution in [-0.2, 0) is 0 Å². The highest BCUT2D eigenvalue weighted by molar-refractivity contribution is 7.99. The zero-order valence-corrected chi connectivity index (χ0v) is 12.1. The van der Waals surface area contributed by atoms with Gasteiger partial charge in [0.15, 0.2) is 0 Å². The molecule has 1 aromatic rings. The second-order valence-corrected chi connectivity index (χ2v) is 6.19. The molecular formula is C15H24N2S. The Balaban J connectivity index is 1.60. The number of rotatable bonds is 6. The van der Waals surface area contributed by atoms with Gasteiger partial charge in [0.25, 0.3) is 0 Å². The number of benzene rings is 1. The maximum absolute atomic E-state index is 3.58. The van der Waals surface area contributed by atoms with E-state index in [2.05, 4.69) is 59.2 Å². The molecule has 0 bridgehead atoms. The van der Waals surface area contributed by atoms with E-state index >= 15 is 0 Å². The molecule has 100 valence electrons. The molecule has 1 unspecified atom stereocenters. The minimum absolute atomic E-state index is 0.600. The summed E-state index contributed by atoms with van der Waals surface area (Å²) in [4.78, 5) is 2.57. The molecule has 2 rings (SSSR count). The first-order valence-corrected chi connectivity index (χ1v) is 8.07. The maximum Gasteiger partial charge on any atom is 0.0107 e. The highest BCUT2D eigenvalue weighted by Crippen LogP contribution is 2.13. The van der Waals surface area contributed by atoms with Crippen molar-refractivity contribution in [1.29, 1.82) is 0 Å². The van der Waals surface area contributed by atoms with E-state index in [4.69, 9.17) is 0 Å². The fourth-order valence-corrected chi connectivity index (χ4v) is 3.26. The topological polar surface area (TPSA) is 15.3 Å². The first kappa shape index (κ1) is 13.9. The lowest BCUT2D eigenvalue weighted by Gasteiger charge is -2.26. The summed E-state index contributed by atoms with van der Waals surface area (Å²) < 4.78 is 0. The summed E-state index contributed by atoms with van der Waals surface area (Å²) in [5, 5.41) is 3.58. The fraction of sp³-hybridized carbons (Fsp3) is 0.600. The van der Waals surface area contributed by atoms with E-state index in [9.17, 15) is 0 Å². The Bertz CT molecular complexity index is 323. The van der Waals surface area contributed by atoms with Crippen LogP contribution in [-0.4, -0.2) is 49.1 Å². The minimum Gasteiger partial charge on any atom is -0.315 e. The van der Waals surface area contributed by atoms with Crippen LogP contribution in [0.1, 0.15) is 18.4 Å². The van der Waals surface area contributed by atoms with Crippen LogP contribution in [0.15, 0.2) is 30.3 Å². The quantitative estimate of drug-likeness (QED) is 0.795. The summed E-state index contributed by atoms with van der Waals surface area (Å²) in [6.45, 7) is 8.21. The van der Waals surface area contributed by atoms with Crippen LogP contribution in [0.4, 0.5) is 0 Å². The Morgan fingerprint density at radius 1 is 1.22 bits per heavy atom. The lowest BCUT2D eigenvalue weighted by Crippen LogP contribution is -2.38. The number of hydrogen-bond acceptors (Lipinski definition) is 3. The van der Waals surface area contributed by atoms with Crippen LogP contribution in [0, 0.1) is 0 Å². The van der Waals surface area contributed by atoms with Crippen molar-refractivity contribution in [3.63, 3.8) is 0 Å². The van der Waals surface area contributed by atoms with Crippen molar-refractivity contribution < 1.29 is 0 Å². The third-order valence-corrected chi connectivity index (χ3v) is 4.47. The van der Waals surface area contributed by atoms with E-state index in [0.29, 0.717) is 5.92 Å². The predicted molar refractivity (Wildman–Crippen MR) is 81.5 cm³/mol. The van der Waals surface area contributed by atoms with E-state index in [0.717, 1.165) is 13.1 Å². The van der Waals surface area contributed by atoms with Gasteiger partial charge >= 0.3 is 0 Å². The van der Waals surface area contributed by atoms with Gasteiger partial charge in [0.2, 0.25) is 0 Å². The van der Waals surface area contributed by atoms with Crippen molar-refractivity contribution in [2.45, 2.75) is 12.8 Å². The van der Waals surface area contributed by atoms with Gasteiger partial charge in [-0.1, -0.05) is 37.3 Å². The van der Waals surface area contributed by atoms with Gasteiger partial charge in [0, 0.05) is 44.2 Å². The van der Waals surface area contributed by atoms with Gasteiger partial charge in [-0.15, -0.1) is 0 Å². The number of nitrogens with zero attached hydrogens (tertiary/aromatic N) is 1. The van der Waals surface area contributed by atoms with Crippen molar-refractivity contribution in [3.05, 3.63) is 35.9 Å². The van der Waals surface area contributed by atoms with Crippen LogP contribution in [0.3, 0.4) is 0 Å².